The minimum absolute atomic E-state index is 0.229. The van der Waals surface area contributed by atoms with Crippen molar-refractivity contribution in [2.45, 2.75) is 25.7 Å². The van der Waals surface area contributed by atoms with Crippen LogP contribution in [0.4, 0.5) is 5.69 Å². The van der Waals surface area contributed by atoms with Gasteiger partial charge in [-0.3, -0.25) is 9.69 Å². The molecule has 0 bridgehead atoms. The number of hydrogen-bond donors (Lipinski definition) is 0. The minimum atomic E-state index is 0.229. The van der Waals surface area contributed by atoms with E-state index >= 15 is 0 Å². The number of nitrogens with zero attached hydrogens (tertiary/aromatic N) is 2. The summed E-state index contributed by atoms with van der Waals surface area (Å²) in [7, 11) is 0. The SMILES string of the molecule is O=C1CCCN1c1ccc(OCCN2CCCC2)cc1. The molecule has 2 saturated heterocycles. The summed E-state index contributed by atoms with van der Waals surface area (Å²) in [4.78, 5) is 16.0. The number of anilines is 1. The number of carbonyl (C=O) groups is 1. The highest BCUT2D eigenvalue weighted by atomic mass is 16.5. The highest BCUT2D eigenvalue weighted by molar-refractivity contribution is 5.95. The molecule has 4 heteroatoms. The van der Waals surface area contributed by atoms with E-state index in [1.54, 1.807) is 0 Å². The molecule has 0 aliphatic carbocycles. The fourth-order valence-corrected chi connectivity index (χ4v) is 2.94. The average molecular weight is 274 g/mol. The van der Waals surface area contributed by atoms with E-state index in [0.717, 1.165) is 37.6 Å². The van der Waals surface area contributed by atoms with E-state index in [0.29, 0.717) is 6.42 Å². The minimum Gasteiger partial charge on any atom is -0.492 e. The maximum Gasteiger partial charge on any atom is 0.227 e. The van der Waals surface area contributed by atoms with E-state index in [2.05, 4.69) is 4.90 Å². The van der Waals surface area contributed by atoms with Crippen LogP contribution in [0.15, 0.2) is 24.3 Å². The number of likely N-dealkylation sites (tertiary alicyclic amines) is 1. The van der Waals surface area contributed by atoms with Crippen LogP contribution >= 0.6 is 0 Å². The van der Waals surface area contributed by atoms with Gasteiger partial charge in [0.05, 0.1) is 0 Å². The number of carbonyl (C=O) groups excluding carboxylic acids is 1. The van der Waals surface area contributed by atoms with Gasteiger partial charge in [-0.2, -0.15) is 0 Å². The Morgan fingerprint density at radius 3 is 2.40 bits per heavy atom. The lowest BCUT2D eigenvalue weighted by Crippen LogP contribution is -2.25. The maximum absolute atomic E-state index is 11.7. The Balaban J connectivity index is 1.49. The molecule has 0 atom stereocenters. The molecule has 108 valence electrons. The van der Waals surface area contributed by atoms with Crippen LogP contribution in [0.2, 0.25) is 0 Å². The van der Waals surface area contributed by atoms with E-state index in [-0.39, 0.29) is 5.91 Å². The fourth-order valence-electron chi connectivity index (χ4n) is 2.94. The van der Waals surface area contributed by atoms with Gasteiger partial charge in [-0.1, -0.05) is 0 Å². The second-order valence-electron chi connectivity index (χ2n) is 5.54. The van der Waals surface area contributed by atoms with Crippen molar-refractivity contribution in [1.82, 2.24) is 4.90 Å². The first-order valence-corrected chi connectivity index (χ1v) is 7.58. The topological polar surface area (TPSA) is 32.8 Å². The van der Waals surface area contributed by atoms with Crippen LogP contribution in [0.1, 0.15) is 25.7 Å². The second kappa shape index (κ2) is 6.27. The zero-order valence-electron chi connectivity index (χ0n) is 11.9. The molecule has 0 N–H and O–H groups in total. The summed E-state index contributed by atoms with van der Waals surface area (Å²) in [5.74, 6) is 1.12. The molecule has 0 aromatic heterocycles. The number of rotatable bonds is 5. The van der Waals surface area contributed by atoms with Crippen molar-refractivity contribution in [3.8, 4) is 5.75 Å². The Morgan fingerprint density at radius 2 is 1.75 bits per heavy atom. The summed E-state index contributed by atoms with van der Waals surface area (Å²) < 4.78 is 5.77. The number of ether oxygens (including phenoxy) is 1. The van der Waals surface area contributed by atoms with Crippen molar-refractivity contribution in [3.63, 3.8) is 0 Å². The molecule has 20 heavy (non-hydrogen) atoms. The monoisotopic (exact) mass is 274 g/mol. The molecule has 1 aromatic rings. The maximum atomic E-state index is 11.7. The summed E-state index contributed by atoms with van der Waals surface area (Å²) in [5.41, 5.74) is 0.986. The van der Waals surface area contributed by atoms with Gasteiger partial charge in [0.15, 0.2) is 0 Å². The van der Waals surface area contributed by atoms with E-state index in [1.165, 1.54) is 25.9 Å². The van der Waals surface area contributed by atoms with Gasteiger partial charge >= 0.3 is 0 Å². The first-order valence-electron chi connectivity index (χ1n) is 7.58. The highest BCUT2D eigenvalue weighted by Gasteiger charge is 2.21. The molecular weight excluding hydrogens is 252 g/mol. The van der Waals surface area contributed by atoms with Crippen molar-refractivity contribution in [2.75, 3.05) is 37.7 Å². The predicted octanol–water partition coefficient (Wildman–Crippen LogP) is 2.29. The standard InChI is InChI=1S/C16H22N2O2/c19-16-4-3-11-18(16)14-5-7-15(8-6-14)20-13-12-17-9-1-2-10-17/h5-8H,1-4,9-13H2. The van der Waals surface area contributed by atoms with Gasteiger partial charge in [0.2, 0.25) is 5.91 Å². The van der Waals surface area contributed by atoms with E-state index in [1.807, 2.05) is 29.2 Å². The molecular formula is C16H22N2O2. The van der Waals surface area contributed by atoms with Crippen LogP contribution in [-0.2, 0) is 4.79 Å². The number of hydrogen-bond acceptors (Lipinski definition) is 3. The van der Waals surface area contributed by atoms with E-state index in [4.69, 9.17) is 4.74 Å². The van der Waals surface area contributed by atoms with Gasteiger partial charge in [-0.05, 0) is 56.6 Å². The lowest BCUT2D eigenvalue weighted by atomic mass is 10.3. The van der Waals surface area contributed by atoms with Crippen molar-refractivity contribution < 1.29 is 9.53 Å². The van der Waals surface area contributed by atoms with Gasteiger partial charge in [-0.15, -0.1) is 0 Å². The number of benzene rings is 1. The summed E-state index contributed by atoms with van der Waals surface area (Å²) in [6.45, 7) is 5.00. The molecule has 0 unspecified atom stereocenters. The van der Waals surface area contributed by atoms with Crippen molar-refractivity contribution in [1.29, 1.82) is 0 Å². The van der Waals surface area contributed by atoms with Crippen LogP contribution in [0.25, 0.3) is 0 Å². The summed E-state index contributed by atoms with van der Waals surface area (Å²) in [6.07, 6.45) is 4.28. The highest BCUT2D eigenvalue weighted by Crippen LogP contribution is 2.23. The Labute approximate surface area is 120 Å². The Morgan fingerprint density at radius 1 is 1.00 bits per heavy atom. The Kier molecular flexibility index (Phi) is 4.21. The molecule has 2 heterocycles. The first-order chi connectivity index (χ1) is 9.83. The molecule has 2 aliphatic heterocycles. The smallest absolute Gasteiger partial charge is 0.227 e. The molecule has 0 saturated carbocycles. The summed E-state index contributed by atoms with van der Waals surface area (Å²) in [6, 6.07) is 7.89. The van der Waals surface area contributed by atoms with Crippen molar-refractivity contribution >= 4 is 11.6 Å². The molecule has 4 nitrogen and oxygen atoms in total. The summed E-state index contributed by atoms with van der Waals surface area (Å²) in [5, 5.41) is 0. The third kappa shape index (κ3) is 3.12. The lowest BCUT2D eigenvalue weighted by Gasteiger charge is -2.17. The van der Waals surface area contributed by atoms with Crippen molar-refractivity contribution in [3.05, 3.63) is 24.3 Å². The third-order valence-electron chi connectivity index (χ3n) is 4.10. The Bertz CT molecular complexity index is 452. The largest absolute Gasteiger partial charge is 0.492 e. The van der Waals surface area contributed by atoms with Gasteiger partial charge in [0, 0.05) is 25.2 Å². The van der Waals surface area contributed by atoms with Crippen LogP contribution in [-0.4, -0.2) is 43.6 Å². The zero-order chi connectivity index (χ0) is 13.8. The second-order valence-corrected chi connectivity index (χ2v) is 5.54. The molecule has 0 spiro atoms. The van der Waals surface area contributed by atoms with Gasteiger partial charge in [0.1, 0.15) is 12.4 Å². The third-order valence-corrected chi connectivity index (χ3v) is 4.10. The average Bonchev–Trinajstić information content (AvgIpc) is 3.11. The molecule has 1 amide bonds. The van der Waals surface area contributed by atoms with E-state index in [9.17, 15) is 4.79 Å². The van der Waals surface area contributed by atoms with Crippen LogP contribution in [0.3, 0.4) is 0 Å². The molecule has 2 aliphatic rings. The van der Waals surface area contributed by atoms with Gasteiger partial charge < -0.3 is 9.64 Å². The van der Waals surface area contributed by atoms with Crippen LogP contribution in [0.5, 0.6) is 5.75 Å². The van der Waals surface area contributed by atoms with Crippen LogP contribution < -0.4 is 9.64 Å². The lowest BCUT2D eigenvalue weighted by molar-refractivity contribution is -0.117. The molecule has 2 fully saturated rings. The quantitative estimate of drug-likeness (QED) is 0.826. The summed E-state index contributed by atoms with van der Waals surface area (Å²) >= 11 is 0. The number of amides is 1. The van der Waals surface area contributed by atoms with Gasteiger partial charge in [0.25, 0.3) is 0 Å². The predicted molar refractivity (Wildman–Crippen MR) is 79.2 cm³/mol. The first kappa shape index (κ1) is 13.4. The molecule has 0 radical (unpaired) electrons. The van der Waals surface area contributed by atoms with Crippen molar-refractivity contribution in [2.24, 2.45) is 0 Å². The zero-order valence-corrected chi connectivity index (χ0v) is 11.9. The molecule has 1 aromatic carbocycles. The normalized spacial score (nSPS) is 19.8. The fraction of sp³-hybridized carbons (Fsp3) is 0.562. The van der Waals surface area contributed by atoms with Gasteiger partial charge in [-0.25, -0.2) is 0 Å². The van der Waals surface area contributed by atoms with E-state index < -0.39 is 0 Å². The Hall–Kier alpha value is -1.55. The van der Waals surface area contributed by atoms with Crippen LogP contribution in [0, 0.1) is 0 Å². The molecule has 3 rings (SSSR count).